The number of methoxy groups -OCH3 is 1. The lowest BCUT2D eigenvalue weighted by Gasteiger charge is -2.21. The van der Waals surface area contributed by atoms with Crippen molar-refractivity contribution in [2.24, 2.45) is 11.1 Å². The van der Waals surface area contributed by atoms with Crippen LogP contribution in [0.5, 0.6) is 5.75 Å². The summed E-state index contributed by atoms with van der Waals surface area (Å²) < 4.78 is 10.7. The maximum absolute atomic E-state index is 11.9. The molecule has 3 unspecified atom stereocenters. The van der Waals surface area contributed by atoms with E-state index in [0.717, 1.165) is 11.3 Å². The highest BCUT2D eigenvalue weighted by Gasteiger charge is 2.36. The third kappa shape index (κ3) is 3.74. The Labute approximate surface area is 125 Å². The number of carbonyl (C=O) groups excluding carboxylic acids is 1. The van der Waals surface area contributed by atoms with Crippen LogP contribution in [-0.4, -0.2) is 25.3 Å². The van der Waals surface area contributed by atoms with Crippen molar-refractivity contribution in [3.05, 3.63) is 29.8 Å². The lowest BCUT2D eigenvalue weighted by Crippen LogP contribution is -2.34. The first-order valence-electron chi connectivity index (χ1n) is 7.18. The molecule has 0 bridgehead atoms. The third-order valence-corrected chi connectivity index (χ3v) is 3.59. The molecule has 5 heteroatoms. The van der Waals surface area contributed by atoms with Crippen molar-refractivity contribution in [2.75, 3.05) is 7.11 Å². The second-order valence-electron chi connectivity index (χ2n) is 6.46. The molecule has 2 rings (SSSR count). The molecule has 3 atom stereocenters. The molecule has 0 saturated carbocycles. The molecule has 1 aliphatic rings. The molecule has 5 nitrogen and oxygen atoms in total. The van der Waals surface area contributed by atoms with E-state index in [1.165, 1.54) is 0 Å². The third-order valence-electron chi connectivity index (χ3n) is 3.59. The van der Waals surface area contributed by atoms with Crippen LogP contribution in [0.1, 0.15) is 38.8 Å². The zero-order valence-corrected chi connectivity index (χ0v) is 13.1. The molecule has 1 heterocycles. The summed E-state index contributed by atoms with van der Waals surface area (Å²) in [7, 11) is 1.63. The number of hydrogen-bond acceptors (Lipinski definition) is 5. The highest BCUT2D eigenvalue weighted by Crippen LogP contribution is 2.29. The van der Waals surface area contributed by atoms with Crippen molar-refractivity contribution < 1.29 is 14.3 Å². The second-order valence-corrected chi connectivity index (χ2v) is 6.46. The van der Waals surface area contributed by atoms with Crippen molar-refractivity contribution in [3.63, 3.8) is 0 Å². The number of benzene rings is 1. The lowest BCUT2D eigenvalue weighted by atomic mass is 9.97. The fourth-order valence-electron chi connectivity index (χ4n) is 2.34. The van der Waals surface area contributed by atoms with Gasteiger partial charge in [0.15, 0.2) is 6.23 Å². The highest BCUT2D eigenvalue weighted by molar-refractivity contribution is 5.75. The van der Waals surface area contributed by atoms with Crippen molar-refractivity contribution in [2.45, 2.75) is 45.5 Å². The Morgan fingerprint density at radius 2 is 2.10 bits per heavy atom. The van der Waals surface area contributed by atoms with Crippen LogP contribution >= 0.6 is 0 Å². The summed E-state index contributed by atoms with van der Waals surface area (Å²) in [5.74, 6) is 0.565. The molecule has 0 aliphatic carbocycles. The number of hydrogen-bond donors (Lipinski definition) is 2. The molecule has 1 fully saturated rings. The van der Waals surface area contributed by atoms with Gasteiger partial charge in [-0.25, -0.2) is 0 Å². The largest absolute Gasteiger partial charge is 0.497 e. The zero-order chi connectivity index (χ0) is 15.6. The fourth-order valence-corrected chi connectivity index (χ4v) is 2.34. The smallest absolute Gasteiger partial charge is 0.312 e. The Hall–Kier alpha value is -1.59. The number of rotatable bonds is 3. The van der Waals surface area contributed by atoms with Crippen LogP contribution in [0, 0.1) is 5.41 Å². The molecule has 3 N–H and O–H groups in total. The standard InChI is InChI=1S/C16H24N2O3/c1-16(2,3)15(19)21-13-9-12(17)14(18-13)10-6-5-7-11(8-10)20-4/h5-8,12-14,18H,9,17H2,1-4H3. The van der Waals surface area contributed by atoms with E-state index in [2.05, 4.69) is 5.32 Å². The van der Waals surface area contributed by atoms with Gasteiger partial charge >= 0.3 is 5.97 Å². The van der Waals surface area contributed by atoms with E-state index in [1.54, 1.807) is 7.11 Å². The van der Waals surface area contributed by atoms with Gasteiger partial charge in [0, 0.05) is 12.5 Å². The predicted molar refractivity (Wildman–Crippen MR) is 80.8 cm³/mol. The number of carbonyl (C=O) groups is 1. The summed E-state index contributed by atoms with van der Waals surface area (Å²) in [5, 5.41) is 3.29. The summed E-state index contributed by atoms with van der Waals surface area (Å²) in [4.78, 5) is 11.9. The minimum atomic E-state index is -0.514. The monoisotopic (exact) mass is 292 g/mol. The van der Waals surface area contributed by atoms with E-state index >= 15 is 0 Å². The summed E-state index contributed by atoms with van der Waals surface area (Å²) in [6, 6.07) is 7.62. The zero-order valence-electron chi connectivity index (χ0n) is 13.1. The van der Waals surface area contributed by atoms with Gasteiger partial charge in [-0.2, -0.15) is 0 Å². The molecule has 1 saturated heterocycles. The second kappa shape index (κ2) is 6.03. The Morgan fingerprint density at radius 1 is 1.38 bits per heavy atom. The first-order valence-corrected chi connectivity index (χ1v) is 7.18. The van der Waals surface area contributed by atoms with Gasteiger partial charge < -0.3 is 15.2 Å². The van der Waals surface area contributed by atoms with E-state index in [1.807, 2.05) is 45.0 Å². The molecular formula is C16H24N2O3. The van der Waals surface area contributed by atoms with Crippen molar-refractivity contribution in [1.29, 1.82) is 0 Å². The molecule has 0 spiro atoms. The number of nitrogens with two attached hydrogens (primary N) is 1. The molecule has 1 aliphatic heterocycles. The van der Waals surface area contributed by atoms with Crippen LogP contribution in [0.15, 0.2) is 24.3 Å². The van der Waals surface area contributed by atoms with E-state index in [0.29, 0.717) is 6.42 Å². The van der Waals surface area contributed by atoms with Crippen LogP contribution in [0.2, 0.25) is 0 Å². The van der Waals surface area contributed by atoms with Gasteiger partial charge in [-0.15, -0.1) is 0 Å². The summed E-state index contributed by atoms with van der Waals surface area (Å²) >= 11 is 0. The quantitative estimate of drug-likeness (QED) is 0.833. The Balaban J connectivity index is 2.05. The van der Waals surface area contributed by atoms with Crippen molar-refractivity contribution >= 4 is 5.97 Å². The molecule has 21 heavy (non-hydrogen) atoms. The topological polar surface area (TPSA) is 73.6 Å². The van der Waals surface area contributed by atoms with Crippen LogP contribution in [-0.2, 0) is 9.53 Å². The number of nitrogens with one attached hydrogen (secondary N) is 1. The molecule has 0 aromatic heterocycles. The van der Waals surface area contributed by atoms with Gasteiger partial charge in [0.05, 0.1) is 18.6 Å². The molecule has 1 aromatic carbocycles. The maximum atomic E-state index is 11.9. The normalized spacial score (nSPS) is 25.7. The summed E-state index contributed by atoms with van der Waals surface area (Å²) in [6.45, 7) is 5.51. The SMILES string of the molecule is COc1cccc(C2NC(OC(=O)C(C)(C)C)CC2N)c1. The Kier molecular flexibility index (Phi) is 4.54. The minimum absolute atomic E-state index is 0.0436. The average molecular weight is 292 g/mol. The molecule has 0 amide bonds. The van der Waals surface area contributed by atoms with Crippen LogP contribution in [0.3, 0.4) is 0 Å². The van der Waals surface area contributed by atoms with Gasteiger partial charge in [0.1, 0.15) is 5.75 Å². The van der Waals surface area contributed by atoms with Gasteiger partial charge in [-0.3, -0.25) is 10.1 Å². The van der Waals surface area contributed by atoms with Gasteiger partial charge in [0.25, 0.3) is 0 Å². The first-order chi connectivity index (χ1) is 9.81. The van der Waals surface area contributed by atoms with Gasteiger partial charge in [-0.05, 0) is 38.5 Å². The van der Waals surface area contributed by atoms with E-state index in [4.69, 9.17) is 15.2 Å². The van der Waals surface area contributed by atoms with Gasteiger partial charge in [-0.1, -0.05) is 12.1 Å². The summed E-state index contributed by atoms with van der Waals surface area (Å²) in [6.07, 6.45) is 0.256. The molecular weight excluding hydrogens is 268 g/mol. The Bertz CT molecular complexity index is 510. The number of ether oxygens (including phenoxy) is 2. The summed E-state index contributed by atoms with van der Waals surface area (Å²) in [5.41, 5.74) is 6.71. The molecule has 1 aromatic rings. The lowest BCUT2D eigenvalue weighted by molar-refractivity contribution is -0.159. The van der Waals surface area contributed by atoms with Crippen LogP contribution in [0.25, 0.3) is 0 Å². The van der Waals surface area contributed by atoms with Crippen LogP contribution < -0.4 is 15.8 Å². The maximum Gasteiger partial charge on any atom is 0.312 e. The average Bonchev–Trinajstić information content (AvgIpc) is 2.78. The fraction of sp³-hybridized carbons (Fsp3) is 0.562. The first kappa shape index (κ1) is 15.8. The van der Waals surface area contributed by atoms with Crippen LogP contribution in [0.4, 0.5) is 0 Å². The Morgan fingerprint density at radius 3 is 2.71 bits per heavy atom. The van der Waals surface area contributed by atoms with Gasteiger partial charge in [0.2, 0.25) is 0 Å². The highest BCUT2D eigenvalue weighted by atomic mass is 16.6. The predicted octanol–water partition coefficient (Wildman–Crippen LogP) is 1.97. The van der Waals surface area contributed by atoms with Crippen molar-refractivity contribution in [1.82, 2.24) is 5.32 Å². The molecule has 0 radical (unpaired) electrons. The number of esters is 1. The van der Waals surface area contributed by atoms with E-state index in [-0.39, 0.29) is 24.3 Å². The molecule has 116 valence electrons. The minimum Gasteiger partial charge on any atom is -0.497 e. The van der Waals surface area contributed by atoms with E-state index in [9.17, 15) is 4.79 Å². The van der Waals surface area contributed by atoms with E-state index < -0.39 is 5.41 Å². The van der Waals surface area contributed by atoms with Crippen molar-refractivity contribution in [3.8, 4) is 5.75 Å².